The number of carbonyl (C=O) groups is 2. The molecule has 7 nitrogen and oxygen atoms in total. The predicted octanol–water partition coefficient (Wildman–Crippen LogP) is 2.66. The van der Waals surface area contributed by atoms with Gasteiger partial charge in [-0.1, -0.05) is 17.7 Å². The van der Waals surface area contributed by atoms with Crippen LogP contribution in [0.4, 0.5) is 10.1 Å². The summed E-state index contributed by atoms with van der Waals surface area (Å²) in [4.78, 5) is 31.7. The summed E-state index contributed by atoms with van der Waals surface area (Å²) in [5, 5.41) is 2.88. The van der Waals surface area contributed by atoms with Crippen molar-refractivity contribution in [3.05, 3.63) is 59.1 Å². The average Bonchev–Trinajstić information content (AvgIpc) is 3.26. The fraction of sp³-hybridized carbons (Fsp3) is 0.381. The molecule has 3 N–H and O–H groups in total. The molecule has 1 aromatic heterocycles. The number of carbonyl (C=O) groups excluding carboxylic acids is 2. The number of hydrogen-bond donors (Lipinski definition) is 3. The number of nitrogens with one attached hydrogen (secondary N) is 3. The van der Waals surface area contributed by atoms with E-state index >= 15 is 0 Å². The first-order chi connectivity index (χ1) is 14.5. The molecule has 3 heterocycles. The highest BCUT2D eigenvalue weighted by atomic mass is 35.5. The Bertz CT molecular complexity index is 929. The minimum absolute atomic E-state index is 0.0445. The zero-order valence-electron chi connectivity index (χ0n) is 16.3. The summed E-state index contributed by atoms with van der Waals surface area (Å²) in [6.45, 7) is 0.913. The van der Waals surface area contributed by atoms with Crippen LogP contribution in [0.5, 0.6) is 0 Å². The first-order valence-electron chi connectivity index (χ1n) is 9.98. The van der Waals surface area contributed by atoms with Crippen molar-refractivity contribution in [1.29, 1.82) is 0 Å². The second-order valence-corrected chi connectivity index (χ2v) is 8.06. The summed E-state index contributed by atoms with van der Waals surface area (Å²) < 4.78 is 14.0. The van der Waals surface area contributed by atoms with Crippen LogP contribution in [-0.4, -0.2) is 40.8 Å². The number of anilines is 1. The van der Waals surface area contributed by atoms with E-state index in [1.165, 1.54) is 12.1 Å². The molecule has 0 aliphatic carbocycles. The number of nitrogens with zero attached hydrogens (tertiary/aromatic N) is 2. The first kappa shape index (κ1) is 20.7. The van der Waals surface area contributed by atoms with Crippen LogP contribution in [-0.2, 0) is 9.59 Å². The van der Waals surface area contributed by atoms with E-state index in [1.807, 2.05) is 18.2 Å². The maximum atomic E-state index is 14.0. The van der Waals surface area contributed by atoms with E-state index in [9.17, 15) is 14.0 Å². The van der Waals surface area contributed by atoms with Crippen molar-refractivity contribution in [1.82, 2.24) is 20.7 Å². The van der Waals surface area contributed by atoms with Gasteiger partial charge in [0.1, 0.15) is 11.9 Å². The number of piperidine rings is 1. The van der Waals surface area contributed by atoms with Gasteiger partial charge in [-0.25, -0.2) is 15.2 Å². The number of halogens is 2. The van der Waals surface area contributed by atoms with Gasteiger partial charge in [0, 0.05) is 24.3 Å². The predicted molar refractivity (Wildman–Crippen MR) is 111 cm³/mol. The van der Waals surface area contributed by atoms with Crippen LogP contribution in [0.3, 0.4) is 0 Å². The number of benzene rings is 1. The lowest BCUT2D eigenvalue weighted by atomic mass is 9.95. The third-order valence-corrected chi connectivity index (χ3v) is 5.77. The van der Waals surface area contributed by atoms with Crippen molar-refractivity contribution in [3.8, 4) is 0 Å². The van der Waals surface area contributed by atoms with Gasteiger partial charge in [-0.15, -0.1) is 0 Å². The van der Waals surface area contributed by atoms with Crippen LogP contribution in [0.15, 0.2) is 42.6 Å². The number of rotatable bonds is 4. The van der Waals surface area contributed by atoms with Gasteiger partial charge in [-0.05, 0) is 49.6 Å². The Kier molecular flexibility index (Phi) is 6.26. The number of amides is 2. The largest absolute Gasteiger partial charge is 0.341 e. The van der Waals surface area contributed by atoms with Gasteiger partial charge in [0.25, 0.3) is 0 Å². The highest BCUT2D eigenvalue weighted by Gasteiger charge is 2.36. The Morgan fingerprint density at radius 1 is 1.23 bits per heavy atom. The molecule has 2 fully saturated rings. The van der Waals surface area contributed by atoms with Crippen LogP contribution in [0, 0.1) is 11.7 Å². The number of hydrazine groups is 1. The second-order valence-electron chi connectivity index (χ2n) is 7.62. The summed E-state index contributed by atoms with van der Waals surface area (Å²) in [7, 11) is 0. The van der Waals surface area contributed by atoms with E-state index in [0.29, 0.717) is 25.9 Å². The zero-order valence-corrected chi connectivity index (χ0v) is 17.0. The molecule has 2 saturated heterocycles. The SMILES string of the molecule is O=C(Nc1ccc(Cl)cc1F)C1CCCN(C(=O)C2CC(c3ccccn3)NN2)C1. The molecule has 0 saturated carbocycles. The van der Waals surface area contributed by atoms with Crippen molar-refractivity contribution in [2.75, 3.05) is 18.4 Å². The highest BCUT2D eigenvalue weighted by Crippen LogP contribution is 2.25. The normalized spacial score (nSPS) is 23.9. The Morgan fingerprint density at radius 2 is 2.10 bits per heavy atom. The van der Waals surface area contributed by atoms with Crippen LogP contribution < -0.4 is 16.2 Å². The number of likely N-dealkylation sites (tertiary alicyclic amines) is 1. The summed E-state index contributed by atoms with van der Waals surface area (Å²) in [5.41, 5.74) is 7.15. The molecule has 9 heteroatoms. The molecule has 4 rings (SSSR count). The molecule has 2 aliphatic heterocycles. The number of hydrogen-bond acceptors (Lipinski definition) is 5. The maximum absolute atomic E-state index is 14.0. The lowest BCUT2D eigenvalue weighted by Crippen LogP contribution is -2.50. The Hall–Kier alpha value is -2.55. The Morgan fingerprint density at radius 3 is 2.87 bits per heavy atom. The topological polar surface area (TPSA) is 86.4 Å². The Balaban J connectivity index is 1.35. The van der Waals surface area contributed by atoms with Gasteiger partial charge in [0.15, 0.2) is 0 Å². The number of aromatic nitrogens is 1. The van der Waals surface area contributed by atoms with Gasteiger partial charge in [-0.2, -0.15) is 0 Å². The molecule has 3 unspecified atom stereocenters. The van der Waals surface area contributed by atoms with Crippen LogP contribution in [0.1, 0.15) is 31.0 Å². The van der Waals surface area contributed by atoms with Crippen molar-refractivity contribution in [2.24, 2.45) is 5.92 Å². The highest BCUT2D eigenvalue weighted by molar-refractivity contribution is 6.30. The van der Waals surface area contributed by atoms with Crippen molar-refractivity contribution >= 4 is 29.1 Å². The van der Waals surface area contributed by atoms with E-state index in [4.69, 9.17) is 11.6 Å². The molecule has 158 valence electrons. The Labute approximate surface area is 179 Å². The molecule has 30 heavy (non-hydrogen) atoms. The van der Waals surface area contributed by atoms with Crippen LogP contribution in [0.25, 0.3) is 0 Å². The smallest absolute Gasteiger partial charge is 0.241 e. The summed E-state index contributed by atoms with van der Waals surface area (Å²) in [6, 6.07) is 9.37. The van der Waals surface area contributed by atoms with Gasteiger partial charge >= 0.3 is 0 Å². The zero-order chi connectivity index (χ0) is 21.1. The van der Waals surface area contributed by atoms with Gasteiger partial charge < -0.3 is 10.2 Å². The molecule has 0 bridgehead atoms. The third kappa shape index (κ3) is 4.61. The standard InChI is InChI=1S/C21H23ClFN5O2/c22-14-6-7-16(15(23)10-14)25-20(29)13-4-3-9-28(12-13)21(30)19-11-18(26-27-19)17-5-1-2-8-24-17/h1-2,5-8,10,13,18-19,26-27H,3-4,9,11-12H2,(H,25,29). The van der Waals surface area contributed by atoms with Crippen LogP contribution >= 0.6 is 11.6 Å². The lowest BCUT2D eigenvalue weighted by Gasteiger charge is -2.33. The first-order valence-corrected chi connectivity index (χ1v) is 10.4. The maximum Gasteiger partial charge on any atom is 0.241 e. The minimum Gasteiger partial charge on any atom is -0.341 e. The van der Waals surface area contributed by atoms with Crippen molar-refractivity contribution in [2.45, 2.75) is 31.3 Å². The molecule has 2 amide bonds. The molecule has 3 atom stereocenters. The van der Waals surface area contributed by atoms with E-state index in [-0.39, 0.29) is 34.6 Å². The lowest BCUT2D eigenvalue weighted by molar-refractivity contribution is -0.136. The average molecular weight is 432 g/mol. The van der Waals surface area contributed by atoms with Gasteiger partial charge in [0.05, 0.1) is 23.3 Å². The molecule has 0 radical (unpaired) electrons. The second kappa shape index (κ2) is 9.07. The summed E-state index contributed by atoms with van der Waals surface area (Å²) in [6.07, 6.45) is 3.68. The fourth-order valence-corrected chi connectivity index (χ4v) is 4.09. The minimum atomic E-state index is -0.582. The van der Waals surface area contributed by atoms with E-state index < -0.39 is 11.7 Å². The summed E-state index contributed by atoms with van der Waals surface area (Å²) >= 11 is 5.76. The van der Waals surface area contributed by atoms with E-state index in [1.54, 1.807) is 11.1 Å². The molecular formula is C21H23ClFN5O2. The quantitative estimate of drug-likeness (QED) is 0.693. The van der Waals surface area contributed by atoms with Crippen molar-refractivity contribution < 1.29 is 14.0 Å². The summed E-state index contributed by atoms with van der Waals surface area (Å²) in [5.74, 6) is -1.31. The fourth-order valence-electron chi connectivity index (χ4n) is 3.93. The van der Waals surface area contributed by atoms with Gasteiger partial charge in [-0.3, -0.25) is 14.6 Å². The molecule has 1 aromatic carbocycles. The molecular weight excluding hydrogens is 409 g/mol. The van der Waals surface area contributed by atoms with E-state index in [2.05, 4.69) is 21.2 Å². The monoisotopic (exact) mass is 431 g/mol. The molecule has 2 aliphatic rings. The third-order valence-electron chi connectivity index (χ3n) is 5.54. The number of pyridine rings is 1. The van der Waals surface area contributed by atoms with E-state index in [0.717, 1.165) is 18.2 Å². The molecule has 2 aromatic rings. The molecule has 0 spiro atoms. The van der Waals surface area contributed by atoms with Crippen molar-refractivity contribution in [3.63, 3.8) is 0 Å². The van der Waals surface area contributed by atoms with Gasteiger partial charge in [0.2, 0.25) is 11.8 Å². The van der Waals surface area contributed by atoms with Crippen LogP contribution in [0.2, 0.25) is 5.02 Å².